The van der Waals surface area contributed by atoms with Crippen LogP contribution in [0.25, 0.3) is 0 Å². The first-order valence-corrected chi connectivity index (χ1v) is 8.40. The smallest absolute Gasteiger partial charge is 0.125 e. The molecule has 1 saturated heterocycles. The van der Waals surface area contributed by atoms with Crippen LogP contribution in [0.1, 0.15) is 6.42 Å². The molecular formula is C19H21F2N3. The third-order valence-corrected chi connectivity index (χ3v) is 5.05. The van der Waals surface area contributed by atoms with E-state index in [1.807, 2.05) is 6.07 Å². The van der Waals surface area contributed by atoms with E-state index in [-0.39, 0.29) is 11.6 Å². The van der Waals surface area contributed by atoms with E-state index in [0.29, 0.717) is 6.04 Å². The van der Waals surface area contributed by atoms with Gasteiger partial charge in [0.05, 0.1) is 11.4 Å². The van der Waals surface area contributed by atoms with Gasteiger partial charge in [0.1, 0.15) is 11.6 Å². The summed E-state index contributed by atoms with van der Waals surface area (Å²) in [5, 5.41) is 0. The van der Waals surface area contributed by atoms with Gasteiger partial charge in [0.2, 0.25) is 0 Å². The van der Waals surface area contributed by atoms with Crippen molar-refractivity contribution in [3.63, 3.8) is 0 Å². The van der Waals surface area contributed by atoms with E-state index in [1.54, 1.807) is 18.2 Å². The van der Waals surface area contributed by atoms with Gasteiger partial charge >= 0.3 is 0 Å². The summed E-state index contributed by atoms with van der Waals surface area (Å²) in [6.07, 6.45) is 1.13. The molecule has 2 aliphatic heterocycles. The second-order valence-electron chi connectivity index (χ2n) is 6.66. The summed E-state index contributed by atoms with van der Waals surface area (Å²) in [5.41, 5.74) is 2.82. The lowest BCUT2D eigenvalue weighted by molar-refractivity contribution is 0.407. The van der Waals surface area contributed by atoms with Crippen molar-refractivity contribution in [2.45, 2.75) is 12.5 Å². The van der Waals surface area contributed by atoms with Crippen LogP contribution in [-0.2, 0) is 0 Å². The Bertz CT molecular complexity index is 732. The van der Waals surface area contributed by atoms with Crippen molar-refractivity contribution < 1.29 is 8.78 Å². The summed E-state index contributed by atoms with van der Waals surface area (Å²) >= 11 is 0. The zero-order valence-corrected chi connectivity index (χ0v) is 13.8. The number of hydrogen-bond acceptors (Lipinski definition) is 3. The molecule has 2 aromatic carbocycles. The lowest BCUT2D eigenvalue weighted by Gasteiger charge is -2.41. The molecule has 0 radical (unpaired) electrons. The first kappa shape index (κ1) is 15.4. The second-order valence-corrected chi connectivity index (χ2v) is 6.66. The Labute approximate surface area is 141 Å². The molecule has 0 bridgehead atoms. The van der Waals surface area contributed by atoms with Crippen LogP contribution in [0.15, 0.2) is 42.5 Å². The summed E-state index contributed by atoms with van der Waals surface area (Å²) in [6, 6.07) is 11.9. The van der Waals surface area contributed by atoms with Crippen LogP contribution >= 0.6 is 0 Å². The second kappa shape index (κ2) is 6.06. The van der Waals surface area contributed by atoms with Crippen LogP contribution < -0.4 is 9.80 Å². The summed E-state index contributed by atoms with van der Waals surface area (Å²) in [4.78, 5) is 6.81. The maximum absolute atomic E-state index is 13.9. The van der Waals surface area contributed by atoms with Gasteiger partial charge in [0.25, 0.3) is 0 Å². The molecule has 2 aromatic rings. The first-order valence-electron chi connectivity index (χ1n) is 8.40. The molecule has 2 heterocycles. The highest BCUT2D eigenvalue weighted by Gasteiger charge is 2.32. The molecule has 24 heavy (non-hydrogen) atoms. The van der Waals surface area contributed by atoms with E-state index in [4.69, 9.17) is 0 Å². The van der Waals surface area contributed by atoms with Crippen LogP contribution in [0.3, 0.4) is 0 Å². The van der Waals surface area contributed by atoms with Crippen molar-refractivity contribution in [2.75, 3.05) is 43.0 Å². The number of anilines is 3. The number of likely N-dealkylation sites (N-methyl/N-ethyl adjacent to an activating group) is 1. The van der Waals surface area contributed by atoms with E-state index < -0.39 is 0 Å². The van der Waals surface area contributed by atoms with Gasteiger partial charge in [-0.1, -0.05) is 0 Å². The highest BCUT2D eigenvalue weighted by atomic mass is 19.1. The summed E-state index contributed by atoms with van der Waals surface area (Å²) in [6.45, 7) is 3.78. The van der Waals surface area contributed by atoms with Crippen molar-refractivity contribution in [3.05, 3.63) is 54.1 Å². The first-order chi connectivity index (χ1) is 11.6. The van der Waals surface area contributed by atoms with Gasteiger partial charge in [0, 0.05) is 31.4 Å². The van der Waals surface area contributed by atoms with E-state index >= 15 is 0 Å². The van der Waals surface area contributed by atoms with Gasteiger partial charge in [-0.15, -0.1) is 0 Å². The molecule has 0 aliphatic carbocycles. The van der Waals surface area contributed by atoms with Gasteiger partial charge in [-0.2, -0.15) is 0 Å². The third-order valence-electron chi connectivity index (χ3n) is 5.05. The van der Waals surface area contributed by atoms with Crippen LogP contribution in [0, 0.1) is 11.6 Å². The summed E-state index contributed by atoms with van der Waals surface area (Å²) < 4.78 is 27.1. The van der Waals surface area contributed by atoms with E-state index in [9.17, 15) is 8.78 Å². The van der Waals surface area contributed by atoms with E-state index in [1.165, 1.54) is 18.2 Å². The monoisotopic (exact) mass is 329 g/mol. The number of fused-ring (bicyclic) bond motifs is 1. The Balaban J connectivity index is 1.71. The Kier molecular flexibility index (Phi) is 3.88. The Morgan fingerprint density at radius 3 is 2.33 bits per heavy atom. The topological polar surface area (TPSA) is 9.72 Å². The zero-order valence-electron chi connectivity index (χ0n) is 13.8. The quantitative estimate of drug-likeness (QED) is 0.833. The van der Waals surface area contributed by atoms with Crippen LogP contribution in [0.4, 0.5) is 25.8 Å². The molecule has 5 heteroatoms. The number of benzene rings is 2. The molecule has 0 amide bonds. The lowest BCUT2D eigenvalue weighted by atomic mass is 10.1. The molecule has 1 fully saturated rings. The zero-order chi connectivity index (χ0) is 16.7. The standard InChI is InChI=1S/C19H21F2N3/c1-22-9-8-17(13-22)24-11-10-23(16-5-2-14(20)3-6-16)19-12-15(21)4-7-18(19)24/h2-7,12,17H,8-11,13H2,1H3/t17-/m1/s1. The van der Waals surface area contributed by atoms with Crippen LogP contribution in [0.5, 0.6) is 0 Å². The highest BCUT2D eigenvalue weighted by Crippen LogP contribution is 2.40. The Morgan fingerprint density at radius 1 is 0.875 bits per heavy atom. The van der Waals surface area contributed by atoms with Crippen molar-refractivity contribution in [2.24, 2.45) is 0 Å². The molecule has 0 saturated carbocycles. The highest BCUT2D eigenvalue weighted by molar-refractivity contribution is 5.79. The number of rotatable bonds is 2. The summed E-state index contributed by atoms with van der Waals surface area (Å²) in [5.74, 6) is -0.503. The number of likely N-dealkylation sites (tertiary alicyclic amines) is 1. The average molecular weight is 329 g/mol. The molecular weight excluding hydrogens is 308 g/mol. The molecule has 1 atom stereocenters. The number of halogens is 2. The maximum atomic E-state index is 13.9. The minimum atomic E-state index is -0.258. The molecule has 0 aromatic heterocycles. The fourth-order valence-electron chi connectivity index (χ4n) is 3.84. The normalized spacial score (nSPS) is 21.2. The Hall–Kier alpha value is -2.14. The lowest BCUT2D eigenvalue weighted by Crippen LogP contribution is -2.45. The minimum absolute atomic E-state index is 0.244. The third kappa shape index (κ3) is 2.73. The molecule has 126 valence electrons. The predicted octanol–water partition coefficient (Wildman–Crippen LogP) is 3.63. The number of nitrogens with zero attached hydrogens (tertiary/aromatic N) is 3. The average Bonchev–Trinajstić information content (AvgIpc) is 3.01. The van der Waals surface area contributed by atoms with E-state index in [0.717, 1.165) is 49.7 Å². The van der Waals surface area contributed by atoms with Crippen molar-refractivity contribution in [1.82, 2.24) is 4.90 Å². The van der Waals surface area contributed by atoms with Gasteiger partial charge in [-0.25, -0.2) is 8.78 Å². The van der Waals surface area contributed by atoms with Gasteiger partial charge in [-0.3, -0.25) is 0 Å². The van der Waals surface area contributed by atoms with E-state index in [2.05, 4.69) is 21.7 Å². The predicted molar refractivity (Wildman–Crippen MR) is 93.1 cm³/mol. The van der Waals surface area contributed by atoms with Gasteiger partial charge in [-0.05, 0) is 62.5 Å². The van der Waals surface area contributed by atoms with Gasteiger partial charge in [0.15, 0.2) is 0 Å². The van der Waals surface area contributed by atoms with Crippen LogP contribution in [0.2, 0.25) is 0 Å². The molecule has 0 spiro atoms. The fraction of sp³-hybridized carbons (Fsp3) is 0.368. The molecule has 4 rings (SSSR count). The SMILES string of the molecule is CN1CC[C@@H](N2CCN(c3ccc(F)cc3)c3cc(F)ccc32)C1. The Morgan fingerprint density at radius 2 is 1.62 bits per heavy atom. The van der Waals surface area contributed by atoms with Crippen LogP contribution in [-0.4, -0.2) is 44.2 Å². The molecule has 2 aliphatic rings. The maximum Gasteiger partial charge on any atom is 0.125 e. The fourth-order valence-corrected chi connectivity index (χ4v) is 3.84. The molecule has 3 nitrogen and oxygen atoms in total. The van der Waals surface area contributed by atoms with Crippen molar-refractivity contribution >= 4 is 17.1 Å². The molecule has 0 N–H and O–H groups in total. The van der Waals surface area contributed by atoms with Crippen molar-refractivity contribution in [1.29, 1.82) is 0 Å². The minimum Gasteiger partial charge on any atom is -0.364 e. The van der Waals surface area contributed by atoms with Crippen molar-refractivity contribution in [3.8, 4) is 0 Å². The largest absolute Gasteiger partial charge is 0.364 e. The molecule has 0 unspecified atom stereocenters. The summed E-state index contributed by atoms with van der Waals surface area (Å²) in [7, 11) is 2.14. The number of hydrogen-bond donors (Lipinski definition) is 0. The van der Waals surface area contributed by atoms with Gasteiger partial charge < -0.3 is 14.7 Å².